The Kier molecular flexibility index (Phi) is 9.03. The molecule has 3 aromatic rings. The van der Waals surface area contributed by atoms with Crippen molar-refractivity contribution in [3.8, 4) is 5.75 Å². The maximum Gasteiger partial charge on any atom is 0.123 e. The first kappa shape index (κ1) is 26.2. The van der Waals surface area contributed by atoms with Crippen LogP contribution in [0.4, 0.5) is 5.69 Å². The number of nitrogen functional groups attached to an aromatic ring is 1. The van der Waals surface area contributed by atoms with Gasteiger partial charge in [-0.15, -0.1) is 0 Å². The lowest BCUT2D eigenvalue weighted by Crippen LogP contribution is -2.49. The maximum atomic E-state index is 10.6. The first-order chi connectivity index (χ1) is 17.4. The monoisotopic (exact) mass is 487 g/mol. The Labute approximate surface area is 216 Å². The number of ether oxygens (including phenoxy) is 1. The average Bonchev–Trinajstić information content (AvgIpc) is 2.91. The number of hydrogen-bond acceptors (Lipinski definition) is 5. The van der Waals surface area contributed by atoms with Crippen LogP contribution in [0.1, 0.15) is 40.2 Å². The van der Waals surface area contributed by atoms with Gasteiger partial charge in [0.15, 0.2) is 0 Å². The number of nitrogens with zero attached hydrogens (tertiary/aromatic N) is 2. The molecular weight excluding hydrogens is 446 g/mol. The summed E-state index contributed by atoms with van der Waals surface area (Å²) < 4.78 is 5.98. The Hall–Kier alpha value is -2.86. The number of aryl methyl sites for hydroxylation is 1. The van der Waals surface area contributed by atoms with E-state index in [0.29, 0.717) is 19.1 Å². The van der Waals surface area contributed by atoms with Crippen molar-refractivity contribution in [2.24, 2.45) is 0 Å². The predicted octanol–water partition coefficient (Wildman–Crippen LogP) is 4.77. The van der Waals surface area contributed by atoms with Crippen LogP contribution in [0.15, 0.2) is 66.7 Å². The fourth-order valence-electron chi connectivity index (χ4n) is 5.16. The molecular formula is C31H41N3O2. The van der Waals surface area contributed by atoms with Gasteiger partial charge in [-0.3, -0.25) is 4.90 Å². The van der Waals surface area contributed by atoms with E-state index in [0.717, 1.165) is 67.3 Å². The second-order valence-corrected chi connectivity index (χ2v) is 10.1. The minimum atomic E-state index is -0.519. The van der Waals surface area contributed by atoms with Gasteiger partial charge in [-0.2, -0.15) is 0 Å². The molecule has 3 aromatic carbocycles. The van der Waals surface area contributed by atoms with Crippen molar-refractivity contribution in [3.05, 3.63) is 94.5 Å². The van der Waals surface area contributed by atoms with E-state index >= 15 is 0 Å². The molecule has 1 unspecified atom stereocenters. The molecule has 1 saturated heterocycles. The van der Waals surface area contributed by atoms with E-state index in [-0.39, 0.29) is 0 Å². The van der Waals surface area contributed by atoms with Crippen LogP contribution in [-0.2, 0) is 0 Å². The molecule has 1 fully saturated rings. The average molecular weight is 488 g/mol. The van der Waals surface area contributed by atoms with Crippen molar-refractivity contribution >= 4 is 5.69 Å². The molecule has 5 nitrogen and oxygen atoms in total. The van der Waals surface area contributed by atoms with E-state index in [1.54, 1.807) is 0 Å². The van der Waals surface area contributed by atoms with E-state index in [2.05, 4.69) is 70.5 Å². The van der Waals surface area contributed by atoms with Crippen LogP contribution in [0.25, 0.3) is 0 Å². The van der Waals surface area contributed by atoms with Crippen LogP contribution < -0.4 is 10.5 Å². The Bertz CT molecular complexity index is 1060. The van der Waals surface area contributed by atoms with Crippen molar-refractivity contribution in [2.75, 3.05) is 51.6 Å². The van der Waals surface area contributed by atoms with Gasteiger partial charge in [0.05, 0.1) is 0 Å². The lowest BCUT2D eigenvalue weighted by Gasteiger charge is -2.36. The summed E-state index contributed by atoms with van der Waals surface area (Å²) >= 11 is 0. The van der Waals surface area contributed by atoms with Crippen LogP contribution >= 0.6 is 0 Å². The molecule has 3 N–H and O–H groups in total. The fraction of sp³-hybridized carbons (Fsp3) is 0.419. The molecule has 36 heavy (non-hydrogen) atoms. The summed E-state index contributed by atoms with van der Waals surface area (Å²) in [5.41, 5.74) is 12.8. The summed E-state index contributed by atoms with van der Waals surface area (Å²) in [6, 6.07) is 23.7. The van der Waals surface area contributed by atoms with Crippen molar-refractivity contribution in [3.63, 3.8) is 0 Å². The highest BCUT2D eigenvalue weighted by Crippen LogP contribution is 2.30. The van der Waals surface area contributed by atoms with Crippen molar-refractivity contribution < 1.29 is 9.84 Å². The summed E-state index contributed by atoms with van der Waals surface area (Å²) in [5.74, 6) is 1.22. The van der Waals surface area contributed by atoms with E-state index in [1.807, 2.05) is 26.8 Å². The second-order valence-electron chi connectivity index (χ2n) is 10.1. The molecule has 1 aliphatic heterocycles. The standard InChI is InChI=1S/C31H41N3O2/c1-23-20-30(24(2)25(3)31(23)32)36-22-28(35)21-34-18-16-33(17-19-34)15-14-29(26-10-6-4-7-11-26)27-12-8-5-9-13-27/h4-13,20,28-29,35H,14-19,21-22,32H2,1-3H3. The molecule has 0 aliphatic carbocycles. The largest absolute Gasteiger partial charge is 0.491 e. The molecule has 0 aromatic heterocycles. The zero-order valence-corrected chi connectivity index (χ0v) is 22.0. The third-order valence-electron chi connectivity index (χ3n) is 7.61. The van der Waals surface area contributed by atoms with E-state index in [1.165, 1.54) is 11.1 Å². The number of anilines is 1. The van der Waals surface area contributed by atoms with Gasteiger partial charge in [0.1, 0.15) is 18.5 Å². The number of nitrogens with two attached hydrogens (primary N) is 1. The van der Waals surface area contributed by atoms with Crippen molar-refractivity contribution in [1.29, 1.82) is 0 Å². The Morgan fingerprint density at radius 3 is 1.97 bits per heavy atom. The quantitative estimate of drug-likeness (QED) is 0.403. The molecule has 0 radical (unpaired) electrons. The van der Waals surface area contributed by atoms with Gasteiger partial charge in [-0.1, -0.05) is 60.7 Å². The van der Waals surface area contributed by atoms with Gasteiger partial charge in [0.25, 0.3) is 0 Å². The minimum Gasteiger partial charge on any atom is -0.491 e. The molecule has 4 rings (SSSR count). The number of rotatable bonds is 10. The number of benzene rings is 3. The Morgan fingerprint density at radius 1 is 0.833 bits per heavy atom. The normalized spacial score (nSPS) is 15.8. The molecule has 1 aliphatic rings. The van der Waals surface area contributed by atoms with Crippen LogP contribution in [0.5, 0.6) is 5.75 Å². The molecule has 1 heterocycles. The highest BCUT2D eigenvalue weighted by molar-refractivity contribution is 5.60. The fourth-order valence-corrected chi connectivity index (χ4v) is 5.16. The summed E-state index contributed by atoms with van der Waals surface area (Å²) in [4.78, 5) is 4.91. The van der Waals surface area contributed by atoms with Gasteiger partial charge in [-0.05, 0) is 67.6 Å². The molecule has 0 amide bonds. The van der Waals surface area contributed by atoms with Crippen LogP contribution in [0, 0.1) is 20.8 Å². The Balaban J connectivity index is 1.24. The molecule has 1 atom stereocenters. The number of aliphatic hydroxyl groups is 1. The minimum absolute atomic E-state index is 0.291. The van der Waals surface area contributed by atoms with Gasteiger partial charge >= 0.3 is 0 Å². The van der Waals surface area contributed by atoms with Crippen LogP contribution in [0.2, 0.25) is 0 Å². The first-order valence-corrected chi connectivity index (χ1v) is 13.1. The molecule has 0 saturated carbocycles. The second kappa shape index (κ2) is 12.4. The number of β-amino-alcohol motifs (C(OH)–C–C–N with tert-alkyl or cyclic N) is 1. The topological polar surface area (TPSA) is 62.0 Å². The lowest BCUT2D eigenvalue weighted by atomic mass is 9.88. The van der Waals surface area contributed by atoms with Gasteiger partial charge in [0.2, 0.25) is 0 Å². The first-order valence-electron chi connectivity index (χ1n) is 13.1. The van der Waals surface area contributed by atoms with E-state index < -0.39 is 6.10 Å². The molecule has 0 spiro atoms. The van der Waals surface area contributed by atoms with Crippen LogP contribution in [-0.4, -0.2) is 66.9 Å². The highest BCUT2D eigenvalue weighted by atomic mass is 16.5. The Morgan fingerprint density at radius 2 is 1.39 bits per heavy atom. The SMILES string of the molecule is Cc1cc(OCC(O)CN2CCN(CCC(c3ccccc3)c3ccccc3)CC2)c(C)c(C)c1N. The summed E-state index contributed by atoms with van der Waals surface area (Å²) in [6.07, 6.45) is 0.583. The van der Waals surface area contributed by atoms with Gasteiger partial charge in [-0.25, -0.2) is 0 Å². The lowest BCUT2D eigenvalue weighted by molar-refractivity contribution is 0.0455. The van der Waals surface area contributed by atoms with E-state index in [9.17, 15) is 5.11 Å². The van der Waals surface area contributed by atoms with E-state index in [4.69, 9.17) is 10.5 Å². The molecule has 192 valence electrons. The third-order valence-corrected chi connectivity index (χ3v) is 7.61. The zero-order chi connectivity index (χ0) is 25.5. The summed E-state index contributed by atoms with van der Waals surface area (Å²) in [5, 5.41) is 10.6. The molecule has 0 bridgehead atoms. The maximum absolute atomic E-state index is 10.6. The zero-order valence-electron chi connectivity index (χ0n) is 22.0. The predicted molar refractivity (Wildman–Crippen MR) is 149 cm³/mol. The third kappa shape index (κ3) is 6.67. The van der Waals surface area contributed by atoms with Crippen molar-refractivity contribution in [1.82, 2.24) is 9.80 Å². The van der Waals surface area contributed by atoms with Gasteiger partial charge in [0, 0.05) is 44.3 Å². The summed E-state index contributed by atoms with van der Waals surface area (Å²) in [7, 11) is 0. The number of piperazine rings is 1. The van der Waals surface area contributed by atoms with Crippen molar-refractivity contribution in [2.45, 2.75) is 39.2 Å². The number of hydrogen-bond donors (Lipinski definition) is 2. The van der Waals surface area contributed by atoms with Gasteiger partial charge < -0.3 is 20.5 Å². The number of aliphatic hydroxyl groups excluding tert-OH is 1. The highest BCUT2D eigenvalue weighted by Gasteiger charge is 2.22. The smallest absolute Gasteiger partial charge is 0.123 e. The molecule has 5 heteroatoms. The summed E-state index contributed by atoms with van der Waals surface area (Å²) in [6.45, 7) is 12.0. The van der Waals surface area contributed by atoms with Crippen LogP contribution in [0.3, 0.4) is 0 Å².